The molecule has 5 N–H and O–H groups in total. The summed E-state index contributed by atoms with van der Waals surface area (Å²) in [6, 6.07) is 16.0. The van der Waals surface area contributed by atoms with E-state index >= 15 is 0 Å². The molecule has 1 aliphatic rings. The van der Waals surface area contributed by atoms with Crippen molar-refractivity contribution in [1.82, 2.24) is 15.0 Å². The van der Waals surface area contributed by atoms with Crippen LogP contribution < -0.4 is 26.4 Å². The Morgan fingerprint density at radius 2 is 1.48 bits per heavy atom. The van der Waals surface area contributed by atoms with Crippen molar-refractivity contribution in [3.8, 4) is 16.9 Å². The van der Waals surface area contributed by atoms with Crippen molar-refractivity contribution in [3.63, 3.8) is 0 Å². The van der Waals surface area contributed by atoms with E-state index < -0.39 is 8.30 Å². The highest BCUT2D eigenvalue weighted by Gasteiger charge is 2.27. The smallest absolute Gasteiger partial charge is 0.235 e. The van der Waals surface area contributed by atoms with Crippen molar-refractivity contribution >= 4 is 31.4 Å². The zero-order chi connectivity index (χ0) is 15.8. The lowest BCUT2D eigenvalue weighted by Gasteiger charge is -2.27. The quantitative estimate of drug-likeness (QED) is 0.619. The van der Waals surface area contributed by atoms with Crippen LogP contribution >= 0.6 is 8.30 Å². The third-order valence-electron chi connectivity index (χ3n) is 3.36. The van der Waals surface area contributed by atoms with Gasteiger partial charge in [0.2, 0.25) is 26.1 Å². The Kier molecular flexibility index (Phi) is 3.20. The molecular weight excluding hydrogens is 311 g/mol. The third-order valence-corrected chi connectivity index (χ3v) is 4.97. The van der Waals surface area contributed by atoms with Crippen LogP contribution in [-0.4, -0.2) is 15.0 Å². The van der Waals surface area contributed by atoms with E-state index in [0.29, 0.717) is 5.95 Å². The lowest BCUT2D eigenvalue weighted by Crippen LogP contribution is -2.19. The molecule has 1 aromatic heterocycles. The number of rotatable bonds is 2. The molecule has 0 saturated carbocycles. The van der Waals surface area contributed by atoms with E-state index in [1.54, 1.807) is 0 Å². The van der Waals surface area contributed by atoms with Crippen molar-refractivity contribution in [2.45, 2.75) is 0 Å². The maximum absolute atomic E-state index is 6.11. The number of anilines is 3. The summed E-state index contributed by atoms with van der Waals surface area (Å²) in [6.45, 7) is 0. The zero-order valence-corrected chi connectivity index (χ0v) is 12.9. The van der Waals surface area contributed by atoms with Crippen LogP contribution in [0.25, 0.3) is 11.1 Å². The summed E-state index contributed by atoms with van der Waals surface area (Å²) in [6.07, 6.45) is 0. The Labute approximate surface area is 133 Å². The second-order valence-electron chi connectivity index (χ2n) is 4.89. The van der Waals surface area contributed by atoms with Gasteiger partial charge in [0.25, 0.3) is 0 Å². The van der Waals surface area contributed by atoms with Crippen molar-refractivity contribution in [2.75, 3.05) is 16.6 Å². The molecule has 1 unspecified atom stereocenters. The van der Waals surface area contributed by atoms with Crippen LogP contribution in [0, 0.1) is 0 Å². The number of para-hydroxylation sites is 1. The molecule has 2 aromatic carbocycles. The summed E-state index contributed by atoms with van der Waals surface area (Å²) >= 11 is 0. The Morgan fingerprint density at radius 3 is 2.26 bits per heavy atom. The minimum Gasteiger partial charge on any atom is -0.448 e. The SMILES string of the molecule is Nc1nc(N)nc(NP2Oc3ccccc3-c3ccccc32)n1. The van der Waals surface area contributed by atoms with Gasteiger partial charge in [0, 0.05) is 10.9 Å². The van der Waals surface area contributed by atoms with Crippen LogP contribution in [0.5, 0.6) is 5.75 Å². The summed E-state index contributed by atoms with van der Waals surface area (Å²) in [5, 5.41) is 4.23. The minimum atomic E-state index is -1.19. The zero-order valence-electron chi connectivity index (χ0n) is 12.0. The molecule has 1 atom stereocenters. The monoisotopic (exact) mass is 324 g/mol. The van der Waals surface area contributed by atoms with Gasteiger partial charge < -0.3 is 16.0 Å². The molecule has 8 heteroatoms. The molecule has 0 bridgehead atoms. The second-order valence-corrected chi connectivity index (χ2v) is 6.36. The first-order valence-electron chi connectivity index (χ1n) is 6.91. The summed E-state index contributed by atoms with van der Waals surface area (Å²) < 4.78 is 6.11. The molecular formula is C15H13N6OP. The molecule has 0 fully saturated rings. The van der Waals surface area contributed by atoms with E-state index in [0.717, 1.165) is 22.2 Å². The second kappa shape index (κ2) is 5.37. The minimum absolute atomic E-state index is 0.0701. The van der Waals surface area contributed by atoms with Crippen LogP contribution in [-0.2, 0) is 0 Å². The number of hydrogen-bond donors (Lipinski definition) is 3. The highest BCUT2D eigenvalue weighted by Crippen LogP contribution is 2.47. The molecule has 7 nitrogen and oxygen atoms in total. The fourth-order valence-electron chi connectivity index (χ4n) is 2.43. The summed E-state index contributed by atoms with van der Waals surface area (Å²) in [5.74, 6) is 1.26. The predicted molar refractivity (Wildman–Crippen MR) is 91.3 cm³/mol. The van der Waals surface area contributed by atoms with Gasteiger partial charge in [0.05, 0.1) is 0 Å². The number of aromatic nitrogens is 3. The van der Waals surface area contributed by atoms with Crippen LogP contribution in [0.15, 0.2) is 48.5 Å². The van der Waals surface area contributed by atoms with E-state index in [-0.39, 0.29) is 11.9 Å². The summed E-state index contributed by atoms with van der Waals surface area (Å²) in [4.78, 5) is 11.9. The molecule has 0 spiro atoms. The van der Waals surface area contributed by atoms with Crippen molar-refractivity contribution in [2.24, 2.45) is 0 Å². The van der Waals surface area contributed by atoms with Gasteiger partial charge in [0.1, 0.15) is 5.75 Å². The molecule has 1 aliphatic heterocycles. The van der Waals surface area contributed by atoms with Crippen molar-refractivity contribution < 1.29 is 4.52 Å². The van der Waals surface area contributed by atoms with E-state index in [2.05, 4.69) is 26.1 Å². The van der Waals surface area contributed by atoms with E-state index in [9.17, 15) is 0 Å². The van der Waals surface area contributed by atoms with E-state index in [4.69, 9.17) is 16.0 Å². The number of fused-ring (bicyclic) bond motifs is 3. The lowest BCUT2D eigenvalue weighted by atomic mass is 10.0. The van der Waals surface area contributed by atoms with Gasteiger partial charge in [-0.05, 0) is 17.7 Å². The van der Waals surface area contributed by atoms with Gasteiger partial charge in [-0.15, -0.1) is 0 Å². The van der Waals surface area contributed by atoms with Crippen LogP contribution in [0.2, 0.25) is 0 Å². The number of nitrogens with zero attached hydrogens (tertiary/aromatic N) is 3. The van der Waals surface area contributed by atoms with Gasteiger partial charge in [-0.1, -0.05) is 36.4 Å². The maximum atomic E-state index is 6.11. The average Bonchev–Trinajstić information content (AvgIpc) is 2.54. The van der Waals surface area contributed by atoms with Gasteiger partial charge in [-0.3, -0.25) is 5.09 Å². The molecule has 2 heterocycles. The summed E-state index contributed by atoms with van der Waals surface area (Å²) in [5.41, 5.74) is 13.4. The topological polar surface area (TPSA) is 112 Å². The fourth-order valence-corrected chi connectivity index (χ4v) is 3.97. The van der Waals surface area contributed by atoms with Crippen molar-refractivity contribution in [3.05, 3.63) is 48.5 Å². The molecule has 0 aliphatic carbocycles. The molecule has 114 valence electrons. The lowest BCUT2D eigenvalue weighted by molar-refractivity contribution is 0.624. The normalized spacial score (nSPS) is 15.2. The Morgan fingerprint density at radius 1 is 0.826 bits per heavy atom. The number of nitrogens with two attached hydrogens (primary N) is 2. The number of hydrogen-bond acceptors (Lipinski definition) is 7. The Balaban J connectivity index is 1.76. The predicted octanol–water partition coefficient (Wildman–Crippen LogP) is 2.14. The fraction of sp³-hybridized carbons (Fsp3) is 0. The molecule has 0 saturated heterocycles. The molecule has 3 aromatic rings. The van der Waals surface area contributed by atoms with Crippen LogP contribution in [0.1, 0.15) is 0 Å². The third kappa shape index (κ3) is 2.51. The van der Waals surface area contributed by atoms with Crippen molar-refractivity contribution in [1.29, 1.82) is 0 Å². The van der Waals surface area contributed by atoms with Crippen LogP contribution in [0.4, 0.5) is 17.8 Å². The molecule has 23 heavy (non-hydrogen) atoms. The van der Waals surface area contributed by atoms with Gasteiger partial charge in [-0.25, -0.2) is 0 Å². The highest BCUT2D eigenvalue weighted by molar-refractivity contribution is 7.63. The van der Waals surface area contributed by atoms with Gasteiger partial charge >= 0.3 is 0 Å². The van der Waals surface area contributed by atoms with Gasteiger partial charge in [-0.2, -0.15) is 15.0 Å². The van der Waals surface area contributed by atoms with Gasteiger partial charge in [0.15, 0.2) is 0 Å². The number of nitrogens with one attached hydrogen (secondary N) is 1. The summed E-state index contributed by atoms with van der Waals surface area (Å²) in [7, 11) is -1.19. The molecule has 4 rings (SSSR count). The highest BCUT2D eigenvalue weighted by atomic mass is 31.2. The molecule has 0 radical (unpaired) electrons. The Bertz CT molecular complexity index is 867. The van der Waals surface area contributed by atoms with E-state index in [1.807, 2.05) is 42.5 Å². The van der Waals surface area contributed by atoms with Crippen LogP contribution in [0.3, 0.4) is 0 Å². The molecule has 0 amide bonds. The first-order chi connectivity index (χ1) is 11.2. The Hall–Kier alpha value is -2.92. The maximum Gasteiger partial charge on any atom is 0.235 e. The average molecular weight is 324 g/mol. The first kappa shape index (κ1) is 13.7. The number of nitrogen functional groups attached to an aromatic ring is 2. The standard InChI is InChI=1S/C15H13N6OP/c16-13-18-14(17)20-15(19-13)21-23-12-8-4-2-6-10(12)9-5-1-3-7-11(9)22-23/h1-8H,(H5,16,17,18,19,20,21). The first-order valence-corrected chi connectivity index (χ1v) is 8.17. The van der Waals surface area contributed by atoms with E-state index in [1.165, 1.54) is 0 Å². The largest absolute Gasteiger partial charge is 0.448 e. The number of benzene rings is 2.